The minimum absolute atomic E-state index is 0.0144. The molecule has 0 aliphatic carbocycles. The summed E-state index contributed by atoms with van der Waals surface area (Å²) in [6.07, 6.45) is -3.31. The van der Waals surface area contributed by atoms with Gasteiger partial charge in [-0.15, -0.1) is 0 Å². The Balaban J connectivity index is 2.63. The van der Waals surface area contributed by atoms with Gasteiger partial charge in [-0.2, -0.15) is 23.0 Å². The first-order chi connectivity index (χ1) is 13.0. The van der Waals surface area contributed by atoms with Gasteiger partial charge in [0, 0.05) is 5.56 Å². The highest BCUT2D eigenvalue weighted by Gasteiger charge is 2.34. The number of halogens is 6. The Hall–Kier alpha value is -2.43. The fraction of sp³-hybridized carbons (Fsp3) is 0.188. The van der Waals surface area contributed by atoms with Crippen molar-refractivity contribution in [1.29, 1.82) is 0 Å². The van der Waals surface area contributed by atoms with E-state index in [1.807, 2.05) is 5.48 Å². The molecule has 1 N–H and O–H groups in total. The van der Waals surface area contributed by atoms with Gasteiger partial charge in [0.2, 0.25) is 0 Å². The third kappa shape index (κ3) is 4.51. The van der Waals surface area contributed by atoms with E-state index in [1.54, 1.807) is 0 Å². The van der Waals surface area contributed by atoms with Crippen LogP contribution in [0.2, 0.25) is 5.02 Å². The molecule has 12 heteroatoms. The molecular weight excluding hydrogens is 429 g/mol. The second kappa shape index (κ2) is 8.29. The predicted octanol–water partition coefficient (Wildman–Crippen LogP) is 3.61. The number of benzene rings is 1. The first-order valence-corrected chi connectivity index (χ1v) is 8.09. The van der Waals surface area contributed by atoms with Crippen molar-refractivity contribution in [3.05, 3.63) is 61.2 Å². The zero-order valence-corrected chi connectivity index (χ0v) is 15.7. The van der Waals surface area contributed by atoms with Crippen molar-refractivity contribution in [1.82, 2.24) is 15.3 Å². The van der Waals surface area contributed by atoms with Crippen LogP contribution in [0.3, 0.4) is 0 Å². The Kier molecular flexibility index (Phi) is 6.48. The molecule has 0 radical (unpaired) electrons. The number of aromatic nitrogens is 2. The van der Waals surface area contributed by atoms with Crippen LogP contribution in [0.15, 0.2) is 28.2 Å². The number of hydroxylamine groups is 1. The van der Waals surface area contributed by atoms with Crippen LogP contribution in [-0.4, -0.2) is 22.8 Å². The molecule has 2 rings (SSSR count). The number of nitrogens with one attached hydrogen (secondary N) is 1. The monoisotopic (exact) mass is 439 g/mol. The maximum Gasteiger partial charge on any atom is 0.418 e. The van der Waals surface area contributed by atoms with Crippen molar-refractivity contribution in [3.63, 3.8) is 0 Å². The van der Waals surface area contributed by atoms with Gasteiger partial charge in [-0.1, -0.05) is 23.2 Å². The molecule has 0 aliphatic rings. The molecule has 1 heterocycles. The lowest BCUT2D eigenvalue weighted by Crippen LogP contribution is -2.28. The van der Waals surface area contributed by atoms with Crippen molar-refractivity contribution < 1.29 is 27.2 Å². The molecule has 1 aromatic heterocycles. The summed E-state index contributed by atoms with van der Waals surface area (Å²) in [5.41, 5.74) is -1.58. The number of carbonyl (C=O) groups excluding carboxylic acids is 1. The molecule has 0 bridgehead atoms. The number of hydrogen-bond acceptors (Lipinski definition) is 4. The Morgan fingerprint density at radius 3 is 2.57 bits per heavy atom. The average Bonchev–Trinajstić information content (AvgIpc) is 2.59. The van der Waals surface area contributed by atoms with Gasteiger partial charge in [0.25, 0.3) is 11.5 Å². The Morgan fingerprint density at radius 2 is 2.00 bits per heavy atom. The predicted molar refractivity (Wildman–Crippen MR) is 93.5 cm³/mol. The summed E-state index contributed by atoms with van der Waals surface area (Å²) in [5, 5.41) is 2.85. The van der Waals surface area contributed by atoms with Crippen molar-refractivity contribution >= 4 is 35.2 Å². The molecule has 0 fully saturated rings. The molecule has 0 aliphatic heterocycles. The van der Waals surface area contributed by atoms with Gasteiger partial charge in [-0.25, -0.2) is 9.87 Å². The number of hydrogen-bond donors (Lipinski definition) is 1. The molecule has 28 heavy (non-hydrogen) atoms. The number of nitrogens with zero attached hydrogens (tertiary/aromatic N) is 2. The first kappa shape index (κ1) is 21.9. The van der Waals surface area contributed by atoms with Crippen molar-refractivity contribution in [2.24, 2.45) is 0 Å². The third-order valence-electron chi connectivity index (χ3n) is 3.51. The van der Waals surface area contributed by atoms with E-state index in [4.69, 9.17) is 23.2 Å². The van der Waals surface area contributed by atoms with Gasteiger partial charge in [0.15, 0.2) is 5.82 Å². The minimum atomic E-state index is -4.79. The van der Waals surface area contributed by atoms with Crippen molar-refractivity contribution in [2.45, 2.75) is 13.1 Å². The number of amides is 1. The summed E-state index contributed by atoms with van der Waals surface area (Å²) < 4.78 is 53.4. The van der Waals surface area contributed by atoms with Crippen LogP contribution >= 0.6 is 23.2 Å². The van der Waals surface area contributed by atoms with E-state index in [-0.39, 0.29) is 15.6 Å². The summed E-state index contributed by atoms with van der Waals surface area (Å²) in [5.74, 6) is -1.85. The highest BCUT2D eigenvalue weighted by atomic mass is 35.5. The van der Waals surface area contributed by atoms with E-state index >= 15 is 0 Å². The largest absolute Gasteiger partial charge is 0.418 e. The number of alkyl halides is 3. The molecule has 0 saturated carbocycles. The van der Waals surface area contributed by atoms with Crippen LogP contribution < -0.4 is 11.0 Å². The summed E-state index contributed by atoms with van der Waals surface area (Å²) in [7, 11) is 1.18. The molecular formula is C16H11Cl2F4N3O3. The maximum atomic E-state index is 14.3. The van der Waals surface area contributed by atoms with E-state index in [9.17, 15) is 27.2 Å². The molecule has 2 aromatic rings. The molecule has 6 nitrogen and oxygen atoms in total. The number of rotatable bonds is 4. The van der Waals surface area contributed by atoms with Crippen LogP contribution in [0.25, 0.3) is 11.8 Å². The Bertz CT molecular complexity index is 1020. The lowest BCUT2D eigenvalue weighted by Gasteiger charge is -2.13. The fourth-order valence-corrected chi connectivity index (χ4v) is 2.53. The fourth-order valence-electron chi connectivity index (χ4n) is 2.17. The van der Waals surface area contributed by atoms with Crippen LogP contribution in [0, 0.1) is 12.7 Å². The number of carbonyl (C=O) groups is 1. The highest BCUT2D eigenvalue weighted by Crippen LogP contribution is 2.30. The smallest absolute Gasteiger partial charge is 0.277 e. The summed E-state index contributed by atoms with van der Waals surface area (Å²) in [6, 6.07) is 1.82. The summed E-state index contributed by atoms with van der Waals surface area (Å²) in [4.78, 5) is 28.3. The van der Waals surface area contributed by atoms with E-state index in [0.29, 0.717) is 10.9 Å². The van der Waals surface area contributed by atoms with Gasteiger partial charge in [-0.05, 0) is 30.7 Å². The molecule has 1 aromatic carbocycles. The lowest BCUT2D eigenvalue weighted by molar-refractivity contribution is -0.138. The molecule has 1 amide bonds. The second-order valence-corrected chi connectivity index (χ2v) is 6.17. The molecule has 0 spiro atoms. The maximum absolute atomic E-state index is 14.3. The topological polar surface area (TPSA) is 73.2 Å². The Morgan fingerprint density at radius 1 is 1.36 bits per heavy atom. The van der Waals surface area contributed by atoms with Gasteiger partial charge in [0.1, 0.15) is 10.7 Å². The first-order valence-electron chi connectivity index (χ1n) is 7.33. The Labute approximate surface area is 165 Å². The zero-order valence-electron chi connectivity index (χ0n) is 14.2. The van der Waals surface area contributed by atoms with Crippen LogP contribution in [0.1, 0.15) is 16.7 Å². The van der Waals surface area contributed by atoms with Crippen LogP contribution in [-0.2, 0) is 15.8 Å². The zero-order chi connectivity index (χ0) is 21.2. The van der Waals surface area contributed by atoms with Crippen LogP contribution in [0.4, 0.5) is 17.6 Å². The third-order valence-corrected chi connectivity index (χ3v) is 4.12. The minimum Gasteiger partial charge on any atom is -0.277 e. The molecule has 0 saturated heterocycles. The van der Waals surface area contributed by atoms with Crippen molar-refractivity contribution in [2.75, 3.05) is 7.11 Å². The lowest BCUT2D eigenvalue weighted by atomic mass is 10.1. The molecule has 0 atom stereocenters. The van der Waals surface area contributed by atoms with E-state index < -0.39 is 40.3 Å². The van der Waals surface area contributed by atoms with Gasteiger partial charge in [0.05, 0.1) is 23.9 Å². The highest BCUT2D eigenvalue weighted by molar-refractivity contribution is 6.44. The summed E-state index contributed by atoms with van der Waals surface area (Å²) >= 11 is 11.7. The second-order valence-electron chi connectivity index (χ2n) is 5.35. The quantitative estimate of drug-likeness (QED) is 0.448. The van der Waals surface area contributed by atoms with E-state index in [2.05, 4.69) is 9.94 Å². The van der Waals surface area contributed by atoms with Gasteiger partial charge >= 0.3 is 6.18 Å². The van der Waals surface area contributed by atoms with E-state index in [0.717, 1.165) is 25.1 Å². The average molecular weight is 440 g/mol. The van der Waals surface area contributed by atoms with Crippen molar-refractivity contribution in [3.8, 4) is 5.69 Å². The van der Waals surface area contributed by atoms with Gasteiger partial charge < -0.3 is 0 Å². The van der Waals surface area contributed by atoms with Gasteiger partial charge in [-0.3, -0.25) is 14.4 Å². The molecule has 0 unspecified atom stereocenters. The normalized spacial score (nSPS) is 12.2. The summed E-state index contributed by atoms with van der Waals surface area (Å²) in [6.45, 7) is 0.948. The van der Waals surface area contributed by atoms with Crippen LogP contribution in [0.5, 0.6) is 0 Å². The molecule has 150 valence electrons. The standard InChI is InChI=1S/C16H11Cl2F4N3O3/c1-7-9(16(20,21)22)6-23-25(15(7)27)13-4-8(10(17)5-12(13)19)3-11(18)14(26)24-28-2/h3-6H,1-2H3,(H,24,26). The van der Waals surface area contributed by atoms with E-state index in [1.165, 1.54) is 7.11 Å². The SMILES string of the molecule is CONC(=O)C(Cl)=Cc1cc(-n2ncc(C(F)(F)F)c(C)c2=O)c(F)cc1Cl.